The molecule has 4 heterocycles. The molecule has 2 fully saturated rings. The second-order valence-corrected chi connectivity index (χ2v) is 9.47. The smallest absolute Gasteiger partial charge is 0.273 e. The van der Waals surface area contributed by atoms with Gasteiger partial charge in [-0.15, -0.1) is 0 Å². The molecule has 2 aromatic heterocycles. The van der Waals surface area contributed by atoms with Gasteiger partial charge in [-0.2, -0.15) is 5.10 Å². The lowest BCUT2D eigenvalue weighted by Gasteiger charge is -2.29. The van der Waals surface area contributed by atoms with Crippen LogP contribution in [-0.4, -0.2) is 79.2 Å². The Morgan fingerprint density at radius 2 is 1.88 bits per heavy atom. The Labute approximate surface area is 198 Å². The molecule has 1 atom stereocenters. The molecular formula is C24H32N7O3+. The predicted molar refractivity (Wildman–Crippen MR) is 130 cm³/mol. The first-order valence-electron chi connectivity index (χ1n) is 11.8. The molecule has 2 N–H and O–H groups in total. The Balaban J connectivity index is 1.56. The van der Waals surface area contributed by atoms with Crippen LogP contribution in [0, 0.1) is 0 Å². The molecular weight excluding hydrogens is 434 g/mol. The summed E-state index contributed by atoms with van der Waals surface area (Å²) in [6.07, 6.45) is 4.85. The van der Waals surface area contributed by atoms with Crippen LogP contribution in [0.1, 0.15) is 25.5 Å². The van der Waals surface area contributed by atoms with E-state index in [1.165, 1.54) is 0 Å². The maximum absolute atomic E-state index is 11.5. The maximum Gasteiger partial charge on any atom is 0.273 e. The number of anilines is 1. The summed E-state index contributed by atoms with van der Waals surface area (Å²) >= 11 is 0. The Hall–Kier alpha value is -3.08. The summed E-state index contributed by atoms with van der Waals surface area (Å²) in [5.41, 5.74) is 8.10. The van der Waals surface area contributed by atoms with E-state index in [0.29, 0.717) is 23.5 Å². The van der Waals surface area contributed by atoms with Crippen molar-refractivity contribution in [1.82, 2.24) is 24.2 Å². The largest absolute Gasteiger partial charge is 0.378 e. The molecule has 1 aromatic carbocycles. The van der Waals surface area contributed by atoms with Crippen molar-refractivity contribution >= 4 is 28.4 Å². The average Bonchev–Trinajstić information content (AvgIpc) is 3.28. The highest BCUT2D eigenvalue weighted by molar-refractivity contribution is 5.89. The van der Waals surface area contributed by atoms with Crippen molar-refractivity contribution in [3.8, 4) is 11.4 Å². The number of morpholine rings is 1. The van der Waals surface area contributed by atoms with Crippen LogP contribution in [0.15, 0.2) is 30.5 Å². The molecule has 3 aromatic rings. The number of hydrogen-bond donors (Lipinski definition) is 1. The fraction of sp³-hybridized carbons (Fsp3) is 0.500. The Bertz CT molecular complexity index is 1160. The van der Waals surface area contributed by atoms with Crippen molar-refractivity contribution < 1.29 is 14.3 Å². The number of quaternary nitrogens is 1. The number of likely N-dealkylation sites (N-methyl/N-ethyl adjacent to an activating group) is 1. The number of amides is 1. The Morgan fingerprint density at radius 3 is 2.56 bits per heavy atom. The molecule has 2 aliphatic rings. The van der Waals surface area contributed by atoms with Gasteiger partial charge in [-0.1, -0.05) is 0 Å². The van der Waals surface area contributed by atoms with Crippen molar-refractivity contribution in [2.75, 3.05) is 58.5 Å². The topological polar surface area (TPSA) is 108 Å². The summed E-state index contributed by atoms with van der Waals surface area (Å²) in [7, 11) is 3.92. The minimum absolute atomic E-state index is 0.110. The normalized spacial score (nSPS) is 19.5. The number of aromatic nitrogens is 4. The number of rotatable bonds is 6. The number of fused-ring (bicyclic) bond motifs is 1. The summed E-state index contributed by atoms with van der Waals surface area (Å²) in [5, 5.41) is 5.59. The lowest BCUT2D eigenvalue weighted by molar-refractivity contribution is -0.118. The number of carbonyl (C=O) groups is 1. The van der Waals surface area contributed by atoms with E-state index in [-0.39, 0.29) is 18.7 Å². The molecule has 0 saturated carbocycles. The standard InChI is InChI=1S/C24H31N7O3/c1-31(2,16-20(25)32)18-8-6-17(7-9-18)22-27-23(29-10-13-33-14-11-29)19-15-26-30(24(19)28-22)21-5-3-4-12-34-21/h6-9,15,21H,3-5,10-14,16H2,1-2H3,(H-,25,32)/p+1. The molecule has 0 aliphatic carbocycles. The SMILES string of the molecule is C[N+](C)(CC(N)=O)c1ccc(-c2nc(N3CCOCC3)c3cnn(C4CCCCO4)c3n2)cc1. The van der Waals surface area contributed by atoms with Gasteiger partial charge in [0, 0.05) is 25.3 Å². The van der Waals surface area contributed by atoms with Crippen LogP contribution < -0.4 is 15.1 Å². The second kappa shape index (κ2) is 9.28. The molecule has 10 nitrogen and oxygen atoms in total. The fourth-order valence-corrected chi connectivity index (χ4v) is 4.68. The predicted octanol–water partition coefficient (Wildman–Crippen LogP) is 2.08. The molecule has 2 aliphatic heterocycles. The molecule has 0 spiro atoms. The summed E-state index contributed by atoms with van der Waals surface area (Å²) in [5.74, 6) is 1.17. The van der Waals surface area contributed by atoms with E-state index in [2.05, 4.69) is 10.00 Å². The van der Waals surface area contributed by atoms with Crippen LogP contribution in [0.25, 0.3) is 22.4 Å². The summed E-state index contributed by atoms with van der Waals surface area (Å²) in [4.78, 5) is 23.7. The van der Waals surface area contributed by atoms with Gasteiger partial charge >= 0.3 is 0 Å². The Morgan fingerprint density at radius 1 is 1.12 bits per heavy atom. The number of nitrogens with two attached hydrogens (primary N) is 1. The van der Waals surface area contributed by atoms with E-state index in [4.69, 9.17) is 25.2 Å². The van der Waals surface area contributed by atoms with Crippen LogP contribution in [0.2, 0.25) is 0 Å². The van der Waals surface area contributed by atoms with E-state index < -0.39 is 0 Å². The third kappa shape index (κ3) is 4.48. The first-order valence-corrected chi connectivity index (χ1v) is 11.8. The minimum atomic E-state index is -0.337. The van der Waals surface area contributed by atoms with Gasteiger partial charge in [0.15, 0.2) is 24.2 Å². The van der Waals surface area contributed by atoms with Crippen molar-refractivity contribution in [1.29, 1.82) is 0 Å². The van der Waals surface area contributed by atoms with Gasteiger partial charge in [-0.3, -0.25) is 9.28 Å². The molecule has 2 saturated heterocycles. The summed E-state index contributed by atoms with van der Waals surface area (Å²) < 4.78 is 13.9. The summed E-state index contributed by atoms with van der Waals surface area (Å²) in [6, 6.07) is 8.00. The molecule has 0 radical (unpaired) electrons. The van der Waals surface area contributed by atoms with Crippen molar-refractivity contribution in [3.63, 3.8) is 0 Å². The van der Waals surface area contributed by atoms with E-state index in [0.717, 1.165) is 67.1 Å². The number of primary amides is 1. The van der Waals surface area contributed by atoms with Gasteiger partial charge < -0.3 is 20.1 Å². The van der Waals surface area contributed by atoms with Crippen LogP contribution in [0.4, 0.5) is 11.5 Å². The lowest BCUT2D eigenvalue weighted by Crippen LogP contribution is -2.46. The Kier molecular flexibility index (Phi) is 6.20. The van der Waals surface area contributed by atoms with E-state index in [9.17, 15) is 4.79 Å². The van der Waals surface area contributed by atoms with Crippen LogP contribution in [0.5, 0.6) is 0 Å². The van der Waals surface area contributed by atoms with Crippen molar-refractivity contribution in [3.05, 3.63) is 30.5 Å². The van der Waals surface area contributed by atoms with E-state index in [1.807, 2.05) is 49.2 Å². The molecule has 34 heavy (non-hydrogen) atoms. The zero-order chi connectivity index (χ0) is 23.7. The first-order chi connectivity index (χ1) is 16.4. The molecule has 0 bridgehead atoms. The zero-order valence-electron chi connectivity index (χ0n) is 19.8. The number of benzene rings is 1. The zero-order valence-corrected chi connectivity index (χ0v) is 19.8. The number of carbonyl (C=O) groups excluding carboxylic acids is 1. The fourth-order valence-electron chi connectivity index (χ4n) is 4.68. The highest BCUT2D eigenvalue weighted by Gasteiger charge is 2.26. The number of ether oxygens (including phenoxy) is 2. The first kappa shape index (κ1) is 22.7. The molecule has 10 heteroatoms. The summed E-state index contributed by atoms with van der Waals surface area (Å²) in [6.45, 7) is 3.85. The lowest BCUT2D eigenvalue weighted by atomic mass is 10.1. The highest BCUT2D eigenvalue weighted by atomic mass is 16.5. The molecule has 180 valence electrons. The number of hydrogen-bond acceptors (Lipinski definition) is 7. The van der Waals surface area contributed by atoms with Crippen LogP contribution in [-0.2, 0) is 14.3 Å². The van der Waals surface area contributed by atoms with Crippen molar-refractivity contribution in [2.24, 2.45) is 5.73 Å². The van der Waals surface area contributed by atoms with Gasteiger partial charge in [0.25, 0.3) is 5.91 Å². The van der Waals surface area contributed by atoms with Crippen molar-refractivity contribution in [2.45, 2.75) is 25.5 Å². The monoisotopic (exact) mass is 466 g/mol. The average molecular weight is 467 g/mol. The van der Waals surface area contributed by atoms with E-state index in [1.54, 1.807) is 0 Å². The third-order valence-corrected chi connectivity index (χ3v) is 6.55. The molecule has 1 unspecified atom stereocenters. The third-order valence-electron chi connectivity index (χ3n) is 6.55. The van der Waals surface area contributed by atoms with Gasteiger partial charge in [0.05, 0.1) is 38.9 Å². The molecule has 5 rings (SSSR count). The highest BCUT2D eigenvalue weighted by Crippen LogP contribution is 2.32. The van der Waals surface area contributed by atoms with Crippen LogP contribution in [0.3, 0.4) is 0 Å². The van der Waals surface area contributed by atoms with Gasteiger partial charge in [0.2, 0.25) is 0 Å². The second-order valence-electron chi connectivity index (χ2n) is 9.47. The van der Waals surface area contributed by atoms with Gasteiger partial charge in [0.1, 0.15) is 11.5 Å². The van der Waals surface area contributed by atoms with Gasteiger partial charge in [-0.05, 0) is 43.5 Å². The molecule has 1 amide bonds. The minimum Gasteiger partial charge on any atom is -0.378 e. The van der Waals surface area contributed by atoms with Crippen LogP contribution >= 0.6 is 0 Å². The van der Waals surface area contributed by atoms with E-state index >= 15 is 0 Å². The number of nitrogens with zero attached hydrogens (tertiary/aromatic N) is 6. The quantitative estimate of drug-likeness (QED) is 0.554. The maximum atomic E-state index is 11.5. The van der Waals surface area contributed by atoms with Gasteiger partial charge in [-0.25, -0.2) is 14.6 Å².